The maximum Gasteiger partial charge on any atom is 0.204 e. The Morgan fingerprint density at radius 3 is 2.47 bits per heavy atom. The maximum atomic E-state index is 11.6. The Labute approximate surface area is 106 Å². The Hall–Kier alpha value is -1.55. The number of rotatable bonds is 2. The van der Waals surface area contributed by atoms with Gasteiger partial charge < -0.3 is 0 Å². The van der Waals surface area contributed by atoms with Crippen molar-refractivity contribution < 1.29 is 0 Å². The number of benzene rings is 1. The molecule has 0 amide bonds. The van der Waals surface area contributed by atoms with E-state index in [4.69, 9.17) is 0 Å². The van der Waals surface area contributed by atoms with Gasteiger partial charge >= 0.3 is 0 Å². The molecule has 0 radical (unpaired) electrons. The molecule has 1 aromatic heterocycles. The van der Waals surface area contributed by atoms with Crippen LogP contribution in [-0.4, -0.2) is 9.78 Å². The Bertz CT molecular complexity index is 587. The number of aromatic nitrogens is 2. The molecule has 0 atom stereocenters. The molecule has 0 saturated carbocycles. The van der Waals surface area contributed by atoms with E-state index in [1.165, 1.54) is 5.56 Å². The molecule has 0 bridgehead atoms. The smallest absolute Gasteiger partial charge is 0.204 e. The molecule has 0 saturated heterocycles. The minimum Gasteiger partial charge on any atom is -0.288 e. The van der Waals surface area contributed by atoms with Crippen molar-refractivity contribution in [3.8, 4) is 5.69 Å². The van der Waals surface area contributed by atoms with Crippen LogP contribution in [0.5, 0.6) is 0 Å². The van der Waals surface area contributed by atoms with E-state index in [1.54, 1.807) is 10.7 Å². The van der Waals surface area contributed by atoms with Crippen LogP contribution < -0.4 is 5.43 Å². The third kappa shape index (κ3) is 2.42. The molecule has 0 spiro atoms. The minimum absolute atomic E-state index is 0.0548. The van der Waals surface area contributed by atoms with Crippen molar-refractivity contribution in [3.05, 3.63) is 57.5 Å². The molecule has 0 aliphatic heterocycles. The fourth-order valence-electron chi connectivity index (χ4n) is 1.64. The van der Waals surface area contributed by atoms with Crippen LogP contribution in [0.1, 0.15) is 17.0 Å². The number of hydrogen-bond acceptors (Lipinski definition) is 3. The first-order valence-electron chi connectivity index (χ1n) is 5.39. The summed E-state index contributed by atoms with van der Waals surface area (Å²) in [7, 11) is 0. The van der Waals surface area contributed by atoms with Gasteiger partial charge in [-0.25, -0.2) is 4.68 Å². The van der Waals surface area contributed by atoms with E-state index in [2.05, 4.69) is 17.7 Å². The molecule has 0 aliphatic rings. The normalized spacial score (nSPS) is 10.5. The monoisotopic (exact) mass is 246 g/mol. The van der Waals surface area contributed by atoms with E-state index in [1.807, 2.05) is 38.1 Å². The van der Waals surface area contributed by atoms with Gasteiger partial charge in [0.1, 0.15) is 5.69 Å². The van der Waals surface area contributed by atoms with Crippen LogP contribution in [-0.2, 0) is 5.75 Å². The van der Waals surface area contributed by atoms with Gasteiger partial charge in [-0.05, 0) is 26.0 Å². The predicted molar refractivity (Wildman–Crippen MR) is 72.0 cm³/mol. The Morgan fingerprint density at radius 2 is 1.88 bits per heavy atom. The Kier molecular flexibility index (Phi) is 3.33. The molecule has 2 rings (SSSR count). The second-order valence-corrected chi connectivity index (χ2v) is 4.32. The third-order valence-electron chi connectivity index (χ3n) is 2.61. The van der Waals surface area contributed by atoms with Crippen molar-refractivity contribution in [1.29, 1.82) is 0 Å². The molecule has 0 aliphatic carbocycles. The third-order valence-corrected chi connectivity index (χ3v) is 2.91. The summed E-state index contributed by atoms with van der Waals surface area (Å²) < 4.78 is 1.77. The summed E-state index contributed by atoms with van der Waals surface area (Å²) in [6.07, 6.45) is 0. The summed E-state index contributed by atoms with van der Waals surface area (Å²) >= 11 is 4.11. The zero-order chi connectivity index (χ0) is 12.4. The van der Waals surface area contributed by atoms with Crippen LogP contribution in [0.3, 0.4) is 0 Å². The molecule has 1 heterocycles. The summed E-state index contributed by atoms with van der Waals surface area (Å²) in [4.78, 5) is 11.6. The molecule has 4 heteroatoms. The highest BCUT2D eigenvalue weighted by atomic mass is 32.1. The van der Waals surface area contributed by atoms with Crippen LogP contribution in [0.15, 0.2) is 35.1 Å². The van der Waals surface area contributed by atoms with Crippen molar-refractivity contribution >= 4 is 12.6 Å². The van der Waals surface area contributed by atoms with Gasteiger partial charge in [0.05, 0.1) is 5.69 Å². The lowest BCUT2D eigenvalue weighted by Gasteiger charge is -2.10. The molecule has 0 N–H and O–H groups in total. The Morgan fingerprint density at radius 1 is 1.24 bits per heavy atom. The van der Waals surface area contributed by atoms with E-state index < -0.39 is 0 Å². The lowest BCUT2D eigenvalue weighted by Crippen LogP contribution is -2.17. The van der Waals surface area contributed by atoms with E-state index in [-0.39, 0.29) is 5.43 Å². The maximum absolute atomic E-state index is 11.6. The van der Waals surface area contributed by atoms with Crippen molar-refractivity contribution in [1.82, 2.24) is 9.78 Å². The molecule has 1 aromatic carbocycles. The summed E-state index contributed by atoms with van der Waals surface area (Å²) in [6, 6.07) is 9.62. The molecule has 0 unspecified atom stereocenters. The lowest BCUT2D eigenvalue weighted by molar-refractivity contribution is 0.774. The van der Waals surface area contributed by atoms with Gasteiger partial charge in [-0.2, -0.15) is 17.7 Å². The van der Waals surface area contributed by atoms with E-state index in [0.29, 0.717) is 11.4 Å². The molecule has 88 valence electrons. The number of thiol groups is 1. The van der Waals surface area contributed by atoms with Crippen molar-refractivity contribution in [2.45, 2.75) is 19.6 Å². The lowest BCUT2D eigenvalue weighted by atomic mass is 10.2. The first kappa shape index (κ1) is 11.9. The molecule has 2 aromatic rings. The van der Waals surface area contributed by atoms with Gasteiger partial charge in [0.15, 0.2) is 0 Å². The average molecular weight is 246 g/mol. The predicted octanol–water partition coefficient (Wildman–Crippen LogP) is 2.28. The highest BCUT2D eigenvalue weighted by Crippen LogP contribution is 2.10. The topological polar surface area (TPSA) is 34.9 Å². The first-order chi connectivity index (χ1) is 8.11. The highest BCUT2D eigenvalue weighted by Gasteiger charge is 2.05. The van der Waals surface area contributed by atoms with E-state index in [0.717, 1.165) is 11.4 Å². The van der Waals surface area contributed by atoms with Gasteiger partial charge in [-0.3, -0.25) is 4.79 Å². The number of aryl methyl sites for hydroxylation is 2. The number of nitrogens with zero attached hydrogens (tertiary/aromatic N) is 2. The zero-order valence-corrected chi connectivity index (χ0v) is 10.7. The molecule has 17 heavy (non-hydrogen) atoms. The van der Waals surface area contributed by atoms with E-state index in [9.17, 15) is 4.79 Å². The van der Waals surface area contributed by atoms with Crippen LogP contribution in [0.2, 0.25) is 0 Å². The van der Waals surface area contributed by atoms with Crippen molar-refractivity contribution in [2.24, 2.45) is 0 Å². The zero-order valence-electron chi connectivity index (χ0n) is 9.84. The molecule has 3 nitrogen and oxygen atoms in total. The van der Waals surface area contributed by atoms with E-state index >= 15 is 0 Å². The average Bonchev–Trinajstić information content (AvgIpc) is 2.31. The summed E-state index contributed by atoms with van der Waals surface area (Å²) in [6.45, 7) is 3.91. The Balaban J connectivity index is 2.59. The van der Waals surface area contributed by atoms with Crippen molar-refractivity contribution in [2.75, 3.05) is 0 Å². The van der Waals surface area contributed by atoms with Crippen LogP contribution in [0, 0.1) is 13.8 Å². The van der Waals surface area contributed by atoms with Gasteiger partial charge in [-0.15, -0.1) is 0 Å². The van der Waals surface area contributed by atoms with Crippen molar-refractivity contribution in [3.63, 3.8) is 0 Å². The van der Waals surface area contributed by atoms with Crippen LogP contribution in [0.25, 0.3) is 5.69 Å². The first-order valence-corrected chi connectivity index (χ1v) is 6.03. The summed E-state index contributed by atoms with van der Waals surface area (Å²) in [5.41, 5.74) is 3.39. The fourth-order valence-corrected chi connectivity index (χ4v) is 1.86. The van der Waals surface area contributed by atoms with Gasteiger partial charge in [0.2, 0.25) is 5.43 Å². The standard InChI is InChI=1S/C13H14N2OS/c1-9-3-5-11(6-4-9)15-10(2)7-13(16)12(8-17)14-15/h3-7,17H,8H2,1-2H3. The fraction of sp³-hybridized carbons (Fsp3) is 0.231. The highest BCUT2D eigenvalue weighted by molar-refractivity contribution is 7.79. The molecular weight excluding hydrogens is 232 g/mol. The summed E-state index contributed by atoms with van der Waals surface area (Å²) in [5, 5.41) is 4.32. The summed E-state index contributed by atoms with van der Waals surface area (Å²) in [5.74, 6) is 0.352. The van der Waals surface area contributed by atoms with Crippen LogP contribution >= 0.6 is 12.6 Å². The molecule has 0 fully saturated rings. The molecular formula is C13H14N2OS. The second kappa shape index (κ2) is 4.75. The van der Waals surface area contributed by atoms with Crippen LogP contribution in [0.4, 0.5) is 0 Å². The van der Waals surface area contributed by atoms with Gasteiger partial charge in [-0.1, -0.05) is 17.7 Å². The SMILES string of the molecule is Cc1ccc(-n2nc(CS)c(=O)cc2C)cc1. The van der Waals surface area contributed by atoms with Gasteiger partial charge in [0.25, 0.3) is 0 Å². The minimum atomic E-state index is -0.0548. The second-order valence-electron chi connectivity index (χ2n) is 4.00. The number of hydrogen-bond donors (Lipinski definition) is 1. The largest absolute Gasteiger partial charge is 0.288 e. The van der Waals surface area contributed by atoms with Gasteiger partial charge in [0, 0.05) is 17.5 Å². The quantitative estimate of drug-likeness (QED) is 0.825.